The van der Waals surface area contributed by atoms with Crippen molar-refractivity contribution in [1.29, 1.82) is 0 Å². The first-order valence-corrected chi connectivity index (χ1v) is 9.48. The lowest BCUT2D eigenvalue weighted by atomic mass is 10.2. The minimum atomic E-state index is 0.0137. The van der Waals surface area contributed by atoms with Gasteiger partial charge in [-0.1, -0.05) is 30.3 Å². The van der Waals surface area contributed by atoms with Gasteiger partial charge < -0.3 is 9.88 Å². The summed E-state index contributed by atoms with van der Waals surface area (Å²) in [6.45, 7) is 3.49. The largest absolute Gasteiger partial charge is 0.356 e. The van der Waals surface area contributed by atoms with E-state index in [1.54, 1.807) is 10.9 Å². The molecule has 0 saturated carbocycles. The molecule has 0 spiro atoms. The van der Waals surface area contributed by atoms with Crippen molar-refractivity contribution in [2.24, 2.45) is 0 Å². The van der Waals surface area contributed by atoms with Gasteiger partial charge in [0.05, 0.1) is 29.3 Å². The second kappa shape index (κ2) is 8.08. The number of nitrogens with zero attached hydrogens (tertiary/aromatic N) is 4. The number of hydrogen-bond acceptors (Lipinski definition) is 3. The molecule has 2 aromatic carbocycles. The molecule has 0 fully saturated rings. The van der Waals surface area contributed by atoms with Crippen molar-refractivity contribution in [3.8, 4) is 5.69 Å². The molecular formula is C22H23N5O. The second-order valence-corrected chi connectivity index (χ2v) is 6.81. The van der Waals surface area contributed by atoms with Gasteiger partial charge in [-0.05, 0) is 43.2 Å². The molecule has 142 valence electrons. The Morgan fingerprint density at radius 1 is 1.07 bits per heavy atom. The van der Waals surface area contributed by atoms with Crippen LogP contribution in [0.4, 0.5) is 0 Å². The highest BCUT2D eigenvalue weighted by Crippen LogP contribution is 2.15. The monoisotopic (exact) mass is 373 g/mol. The first kappa shape index (κ1) is 18.0. The van der Waals surface area contributed by atoms with Crippen molar-refractivity contribution >= 4 is 16.9 Å². The van der Waals surface area contributed by atoms with Crippen molar-refractivity contribution in [2.75, 3.05) is 6.54 Å². The van der Waals surface area contributed by atoms with Crippen molar-refractivity contribution in [1.82, 2.24) is 24.6 Å². The van der Waals surface area contributed by atoms with Crippen LogP contribution in [0.25, 0.3) is 16.7 Å². The van der Waals surface area contributed by atoms with Gasteiger partial charge in [-0.2, -0.15) is 5.10 Å². The zero-order valence-corrected chi connectivity index (χ0v) is 15.9. The van der Waals surface area contributed by atoms with Gasteiger partial charge in [-0.15, -0.1) is 0 Å². The summed E-state index contributed by atoms with van der Waals surface area (Å²) >= 11 is 0. The smallest absolute Gasteiger partial charge is 0.224 e. The highest BCUT2D eigenvalue weighted by Gasteiger charge is 2.08. The molecule has 1 N–H and O–H groups in total. The van der Waals surface area contributed by atoms with E-state index in [0.29, 0.717) is 13.0 Å². The predicted molar refractivity (Wildman–Crippen MR) is 109 cm³/mol. The van der Waals surface area contributed by atoms with Crippen molar-refractivity contribution in [3.63, 3.8) is 0 Å². The Balaban J connectivity index is 1.27. The third-order valence-electron chi connectivity index (χ3n) is 4.75. The Morgan fingerprint density at radius 3 is 2.71 bits per heavy atom. The lowest BCUT2D eigenvalue weighted by molar-refractivity contribution is -0.120. The van der Waals surface area contributed by atoms with Crippen LogP contribution in [0.15, 0.2) is 67.0 Å². The summed E-state index contributed by atoms with van der Waals surface area (Å²) in [5.41, 5.74) is 4.04. The highest BCUT2D eigenvalue weighted by molar-refractivity contribution is 5.78. The summed E-state index contributed by atoms with van der Waals surface area (Å²) in [6.07, 6.45) is 4.83. The minimum absolute atomic E-state index is 0.0137. The van der Waals surface area contributed by atoms with Crippen LogP contribution in [0, 0.1) is 6.92 Å². The van der Waals surface area contributed by atoms with Crippen molar-refractivity contribution in [2.45, 2.75) is 26.3 Å². The number of nitrogens with one attached hydrogen (secondary N) is 1. The van der Waals surface area contributed by atoms with Crippen molar-refractivity contribution < 1.29 is 4.79 Å². The summed E-state index contributed by atoms with van der Waals surface area (Å²) < 4.78 is 3.99. The molecule has 0 unspecified atom stereocenters. The number of para-hydroxylation sites is 3. The van der Waals surface area contributed by atoms with Gasteiger partial charge in [-0.25, -0.2) is 9.67 Å². The number of aryl methyl sites for hydroxylation is 2. The van der Waals surface area contributed by atoms with Gasteiger partial charge in [0.2, 0.25) is 5.91 Å². The maximum atomic E-state index is 12.2. The molecule has 4 aromatic rings. The molecule has 1 amide bonds. The van der Waals surface area contributed by atoms with Crippen LogP contribution >= 0.6 is 0 Å². The minimum Gasteiger partial charge on any atom is -0.356 e. The molecule has 28 heavy (non-hydrogen) atoms. The van der Waals surface area contributed by atoms with E-state index >= 15 is 0 Å². The first-order chi connectivity index (χ1) is 13.7. The maximum Gasteiger partial charge on any atom is 0.224 e. The molecule has 0 radical (unpaired) electrons. The third kappa shape index (κ3) is 3.96. The summed E-state index contributed by atoms with van der Waals surface area (Å²) in [7, 11) is 0. The average Bonchev–Trinajstić information content (AvgIpc) is 3.30. The molecule has 0 aliphatic rings. The number of imidazole rings is 1. The Bertz CT molecular complexity index is 1080. The lowest BCUT2D eigenvalue weighted by Gasteiger charge is -2.08. The average molecular weight is 373 g/mol. The highest BCUT2D eigenvalue weighted by atomic mass is 16.1. The standard InChI is InChI=1S/C22H23N5O/c1-17-25-20-10-5-6-11-21(20)26(17)13-7-12-23-22(28)14-18-15-24-27(16-18)19-8-3-2-4-9-19/h2-6,8-11,15-16H,7,12-14H2,1H3,(H,23,28). The van der Waals surface area contributed by atoms with Crippen LogP contribution in [0.2, 0.25) is 0 Å². The molecule has 0 atom stereocenters. The number of hydrogen-bond donors (Lipinski definition) is 1. The topological polar surface area (TPSA) is 64.7 Å². The fraction of sp³-hybridized carbons (Fsp3) is 0.227. The maximum absolute atomic E-state index is 12.2. The van der Waals surface area contributed by atoms with Gasteiger partial charge in [0.25, 0.3) is 0 Å². The lowest BCUT2D eigenvalue weighted by Crippen LogP contribution is -2.26. The van der Waals surface area contributed by atoms with E-state index in [-0.39, 0.29) is 5.91 Å². The molecule has 0 aliphatic heterocycles. The van der Waals surface area contributed by atoms with Gasteiger partial charge in [0, 0.05) is 19.3 Å². The summed E-state index contributed by atoms with van der Waals surface area (Å²) in [4.78, 5) is 16.8. The SMILES string of the molecule is Cc1nc2ccccc2n1CCCNC(=O)Cc1cnn(-c2ccccc2)c1. The zero-order valence-electron chi connectivity index (χ0n) is 15.9. The zero-order chi connectivity index (χ0) is 19.3. The number of fused-ring (bicyclic) bond motifs is 1. The van der Waals surface area contributed by atoms with E-state index < -0.39 is 0 Å². The number of rotatable bonds is 7. The Kier molecular flexibility index (Phi) is 5.19. The fourth-order valence-electron chi connectivity index (χ4n) is 3.36. The molecule has 4 rings (SSSR count). The van der Waals surface area contributed by atoms with Crippen LogP contribution in [0.3, 0.4) is 0 Å². The van der Waals surface area contributed by atoms with Crippen LogP contribution in [-0.2, 0) is 17.8 Å². The number of aromatic nitrogens is 4. The third-order valence-corrected chi connectivity index (χ3v) is 4.75. The van der Waals surface area contributed by atoms with E-state index in [2.05, 4.69) is 26.0 Å². The van der Waals surface area contributed by atoms with Crippen LogP contribution in [0.5, 0.6) is 0 Å². The quantitative estimate of drug-likeness (QED) is 0.506. The normalized spacial score (nSPS) is 11.0. The summed E-state index contributed by atoms with van der Waals surface area (Å²) in [6, 6.07) is 18.0. The molecule has 2 heterocycles. The second-order valence-electron chi connectivity index (χ2n) is 6.81. The van der Waals surface area contributed by atoms with Gasteiger partial charge in [-0.3, -0.25) is 4.79 Å². The number of amides is 1. The molecule has 0 saturated heterocycles. The molecule has 0 aliphatic carbocycles. The van der Waals surface area contributed by atoms with E-state index in [1.807, 2.05) is 61.7 Å². The first-order valence-electron chi connectivity index (χ1n) is 9.48. The number of carbonyl (C=O) groups is 1. The van der Waals surface area contributed by atoms with E-state index in [9.17, 15) is 4.79 Å². The number of carbonyl (C=O) groups excluding carboxylic acids is 1. The number of benzene rings is 2. The molecule has 0 bridgehead atoms. The predicted octanol–water partition coefficient (Wildman–Crippen LogP) is 3.28. The van der Waals surface area contributed by atoms with E-state index in [4.69, 9.17) is 0 Å². The Hall–Kier alpha value is -3.41. The van der Waals surface area contributed by atoms with E-state index in [0.717, 1.165) is 41.1 Å². The summed E-state index contributed by atoms with van der Waals surface area (Å²) in [5.74, 6) is 1.01. The summed E-state index contributed by atoms with van der Waals surface area (Å²) in [5, 5.41) is 7.34. The van der Waals surface area contributed by atoms with Crippen LogP contribution < -0.4 is 5.32 Å². The van der Waals surface area contributed by atoms with Crippen molar-refractivity contribution in [3.05, 3.63) is 78.4 Å². The van der Waals surface area contributed by atoms with Gasteiger partial charge in [0.1, 0.15) is 5.82 Å². The molecular weight excluding hydrogens is 350 g/mol. The Morgan fingerprint density at radius 2 is 1.86 bits per heavy atom. The van der Waals surface area contributed by atoms with Crippen LogP contribution in [-0.4, -0.2) is 31.8 Å². The molecule has 2 aromatic heterocycles. The fourth-order valence-corrected chi connectivity index (χ4v) is 3.36. The molecule has 6 heteroatoms. The Labute approximate surface area is 163 Å². The van der Waals surface area contributed by atoms with Crippen LogP contribution in [0.1, 0.15) is 17.8 Å². The molecule has 6 nitrogen and oxygen atoms in total. The van der Waals surface area contributed by atoms with E-state index in [1.165, 1.54) is 0 Å². The van der Waals surface area contributed by atoms with Gasteiger partial charge >= 0.3 is 0 Å². The van der Waals surface area contributed by atoms with Gasteiger partial charge in [0.15, 0.2) is 0 Å².